The van der Waals surface area contributed by atoms with Gasteiger partial charge in [0.15, 0.2) is 5.13 Å². The first-order chi connectivity index (χ1) is 14.4. The molecule has 1 fully saturated rings. The molecule has 0 bridgehead atoms. The van der Waals surface area contributed by atoms with Crippen molar-refractivity contribution in [2.45, 2.75) is 13.8 Å². The number of ether oxygens (including phenoxy) is 1. The molecule has 3 heterocycles. The fourth-order valence-electron chi connectivity index (χ4n) is 3.42. The molecule has 1 aromatic carbocycles. The van der Waals surface area contributed by atoms with Gasteiger partial charge in [0.1, 0.15) is 0 Å². The summed E-state index contributed by atoms with van der Waals surface area (Å²) in [6, 6.07) is 7.33. The molecule has 3 aromatic rings. The molecule has 0 saturated carbocycles. The number of carbonyl (C=O) groups excluding carboxylic acids is 2. The zero-order valence-electron chi connectivity index (χ0n) is 17.1. The summed E-state index contributed by atoms with van der Waals surface area (Å²) in [6.07, 6.45) is 0. The van der Waals surface area contributed by atoms with Gasteiger partial charge in [-0.1, -0.05) is 12.1 Å². The Labute approximate surface area is 178 Å². The van der Waals surface area contributed by atoms with Gasteiger partial charge in [0.2, 0.25) is 0 Å². The largest absolute Gasteiger partial charge is 0.378 e. The number of hydrogen-bond donors (Lipinski definition) is 1. The van der Waals surface area contributed by atoms with Gasteiger partial charge in [-0.2, -0.15) is 5.10 Å². The van der Waals surface area contributed by atoms with Gasteiger partial charge in [0, 0.05) is 42.5 Å². The third-order valence-corrected chi connectivity index (χ3v) is 6.06. The number of morpholine rings is 1. The SMILES string of the molecule is Cc1nn(C)c(C)c1C(=O)C(=O)Nc1ccc(-c2csc(N3CCOCC3)n2)cc1. The van der Waals surface area contributed by atoms with Crippen molar-refractivity contribution in [1.29, 1.82) is 0 Å². The van der Waals surface area contributed by atoms with Crippen LogP contribution in [0.25, 0.3) is 11.3 Å². The number of nitrogens with one attached hydrogen (secondary N) is 1. The standard InChI is InChI=1S/C21H23N5O3S/c1-13-18(14(2)25(3)24-13)19(27)20(28)22-16-6-4-15(5-7-16)17-12-30-21(23-17)26-8-10-29-11-9-26/h4-7,12H,8-11H2,1-3H3,(H,22,28). The Morgan fingerprint density at radius 2 is 1.83 bits per heavy atom. The number of aromatic nitrogens is 3. The quantitative estimate of drug-likeness (QED) is 0.499. The molecule has 8 nitrogen and oxygen atoms in total. The van der Waals surface area contributed by atoms with Crippen LogP contribution in [0.5, 0.6) is 0 Å². The lowest BCUT2D eigenvalue weighted by Crippen LogP contribution is -2.36. The van der Waals surface area contributed by atoms with Crippen LogP contribution in [0.4, 0.5) is 10.8 Å². The maximum absolute atomic E-state index is 12.6. The third kappa shape index (κ3) is 3.99. The Hall–Kier alpha value is -3.04. The van der Waals surface area contributed by atoms with Crippen molar-refractivity contribution in [3.8, 4) is 11.3 Å². The molecule has 30 heavy (non-hydrogen) atoms. The van der Waals surface area contributed by atoms with E-state index in [1.54, 1.807) is 49.0 Å². The minimum Gasteiger partial charge on any atom is -0.378 e. The van der Waals surface area contributed by atoms with Crippen molar-refractivity contribution < 1.29 is 14.3 Å². The molecule has 9 heteroatoms. The second-order valence-electron chi connectivity index (χ2n) is 7.14. The van der Waals surface area contributed by atoms with Crippen LogP contribution in [0.2, 0.25) is 0 Å². The Balaban J connectivity index is 1.44. The third-order valence-electron chi connectivity index (χ3n) is 5.15. The van der Waals surface area contributed by atoms with Crippen LogP contribution in [0.1, 0.15) is 21.7 Å². The molecular formula is C21H23N5O3S. The summed E-state index contributed by atoms with van der Waals surface area (Å²) in [5.74, 6) is -1.26. The number of ketones is 1. The van der Waals surface area contributed by atoms with Gasteiger partial charge in [-0.15, -0.1) is 11.3 Å². The smallest absolute Gasteiger partial charge is 0.296 e. The van der Waals surface area contributed by atoms with E-state index in [0.717, 1.165) is 42.7 Å². The number of hydrogen-bond acceptors (Lipinski definition) is 7. The number of carbonyl (C=O) groups is 2. The average molecular weight is 426 g/mol. The van der Waals surface area contributed by atoms with E-state index in [9.17, 15) is 9.59 Å². The van der Waals surface area contributed by atoms with Crippen molar-refractivity contribution in [3.63, 3.8) is 0 Å². The van der Waals surface area contributed by atoms with Crippen molar-refractivity contribution in [3.05, 3.63) is 46.6 Å². The molecule has 1 saturated heterocycles. The molecule has 4 rings (SSSR count). The molecule has 156 valence electrons. The molecule has 0 radical (unpaired) electrons. The molecule has 0 unspecified atom stereocenters. The zero-order chi connectivity index (χ0) is 21.3. The van der Waals surface area contributed by atoms with E-state index in [1.807, 2.05) is 17.5 Å². The molecule has 1 aliphatic heterocycles. The molecule has 2 aromatic heterocycles. The van der Waals surface area contributed by atoms with Crippen LogP contribution in [-0.2, 0) is 16.6 Å². The first kappa shape index (κ1) is 20.2. The Morgan fingerprint density at radius 1 is 1.13 bits per heavy atom. The highest BCUT2D eigenvalue weighted by Crippen LogP contribution is 2.28. The average Bonchev–Trinajstić information content (AvgIpc) is 3.34. The highest BCUT2D eigenvalue weighted by atomic mass is 32.1. The lowest BCUT2D eigenvalue weighted by Gasteiger charge is -2.26. The molecule has 1 amide bonds. The fourth-order valence-corrected chi connectivity index (χ4v) is 4.31. The lowest BCUT2D eigenvalue weighted by atomic mass is 10.1. The number of rotatable bonds is 5. The molecule has 1 N–H and O–H groups in total. The molecule has 0 spiro atoms. The van der Waals surface area contributed by atoms with Crippen LogP contribution in [0, 0.1) is 13.8 Å². The molecule has 1 aliphatic rings. The highest BCUT2D eigenvalue weighted by molar-refractivity contribution is 7.14. The molecule has 0 atom stereocenters. The summed E-state index contributed by atoms with van der Waals surface area (Å²) in [5.41, 5.74) is 3.96. The first-order valence-electron chi connectivity index (χ1n) is 9.68. The minimum absolute atomic E-state index is 0.352. The van der Waals surface area contributed by atoms with E-state index in [1.165, 1.54) is 0 Å². The Kier molecular flexibility index (Phi) is 5.65. The summed E-state index contributed by atoms with van der Waals surface area (Å²) >= 11 is 1.61. The van der Waals surface area contributed by atoms with Gasteiger partial charge in [-0.05, 0) is 26.0 Å². The summed E-state index contributed by atoms with van der Waals surface area (Å²) in [5, 5.41) is 9.88. The summed E-state index contributed by atoms with van der Waals surface area (Å²) < 4.78 is 6.99. The van der Waals surface area contributed by atoms with Gasteiger partial charge >= 0.3 is 0 Å². The molecule has 0 aliphatic carbocycles. The van der Waals surface area contributed by atoms with Crippen LogP contribution in [0.15, 0.2) is 29.6 Å². The number of Topliss-reactive ketones (excluding diaryl/α,β-unsaturated/α-hetero) is 1. The second kappa shape index (κ2) is 8.37. The number of benzene rings is 1. The van der Waals surface area contributed by atoms with E-state index in [2.05, 4.69) is 15.3 Å². The van der Waals surface area contributed by atoms with E-state index >= 15 is 0 Å². The highest BCUT2D eigenvalue weighted by Gasteiger charge is 2.24. The van der Waals surface area contributed by atoms with Crippen molar-refractivity contribution in [2.75, 3.05) is 36.5 Å². The van der Waals surface area contributed by atoms with Gasteiger partial charge < -0.3 is 15.0 Å². The van der Waals surface area contributed by atoms with Gasteiger partial charge in [-0.3, -0.25) is 14.3 Å². The Bertz CT molecular complexity index is 1080. The predicted molar refractivity (Wildman–Crippen MR) is 116 cm³/mol. The van der Waals surface area contributed by atoms with Crippen LogP contribution < -0.4 is 10.2 Å². The predicted octanol–water partition coefficient (Wildman–Crippen LogP) is 2.82. The van der Waals surface area contributed by atoms with Crippen LogP contribution >= 0.6 is 11.3 Å². The van der Waals surface area contributed by atoms with Crippen LogP contribution in [0.3, 0.4) is 0 Å². The summed E-state index contributed by atoms with van der Waals surface area (Å²) in [7, 11) is 1.75. The summed E-state index contributed by atoms with van der Waals surface area (Å²) in [4.78, 5) is 31.9. The number of aryl methyl sites for hydroxylation is 2. The normalized spacial score (nSPS) is 14.0. The number of nitrogens with zero attached hydrogens (tertiary/aromatic N) is 4. The van der Waals surface area contributed by atoms with Gasteiger partial charge in [0.05, 0.1) is 30.2 Å². The van der Waals surface area contributed by atoms with Crippen LogP contribution in [-0.4, -0.2) is 52.8 Å². The monoisotopic (exact) mass is 425 g/mol. The van der Waals surface area contributed by atoms with Gasteiger partial charge in [-0.25, -0.2) is 4.98 Å². The fraction of sp³-hybridized carbons (Fsp3) is 0.333. The maximum Gasteiger partial charge on any atom is 0.296 e. The number of anilines is 2. The van der Waals surface area contributed by atoms with E-state index in [4.69, 9.17) is 9.72 Å². The van der Waals surface area contributed by atoms with E-state index < -0.39 is 11.7 Å². The number of thiazole rings is 1. The number of amides is 1. The zero-order valence-corrected chi connectivity index (χ0v) is 18.0. The summed E-state index contributed by atoms with van der Waals surface area (Å²) in [6.45, 7) is 6.64. The first-order valence-corrected chi connectivity index (χ1v) is 10.6. The van der Waals surface area contributed by atoms with E-state index in [0.29, 0.717) is 22.6 Å². The second-order valence-corrected chi connectivity index (χ2v) is 7.98. The van der Waals surface area contributed by atoms with Crippen molar-refractivity contribution >= 4 is 33.8 Å². The van der Waals surface area contributed by atoms with Crippen molar-refractivity contribution in [1.82, 2.24) is 14.8 Å². The Morgan fingerprint density at radius 3 is 2.47 bits per heavy atom. The van der Waals surface area contributed by atoms with Crippen molar-refractivity contribution in [2.24, 2.45) is 7.05 Å². The molecular weight excluding hydrogens is 402 g/mol. The topological polar surface area (TPSA) is 89.4 Å². The van der Waals surface area contributed by atoms with E-state index in [-0.39, 0.29) is 0 Å². The minimum atomic E-state index is -0.676. The maximum atomic E-state index is 12.6. The van der Waals surface area contributed by atoms with Gasteiger partial charge in [0.25, 0.3) is 11.7 Å². The lowest BCUT2D eigenvalue weighted by molar-refractivity contribution is -0.112.